The fourth-order valence-corrected chi connectivity index (χ4v) is 2.90. The molecule has 2 aromatic heterocycles. The largest absolute Gasteiger partial charge is 0.497 e. The number of hydrogen-bond acceptors (Lipinski definition) is 6. The summed E-state index contributed by atoms with van der Waals surface area (Å²) >= 11 is 5.23. The van der Waals surface area contributed by atoms with Gasteiger partial charge < -0.3 is 14.5 Å². The maximum Gasteiger partial charge on any atom is 0.257 e. The van der Waals surface area contributed by atoms with Gasteiger partial charge in [0.25, 0.3) is 5.91 Å². The highest BCUT2D eigenvalue weighted by Gasteiger charge is 2.11. The molecule has 0 atom stereocenters. The summed E-state index contributed by atoms with van der Waals surface area (Å²) in [4.78, 5) is 20.9. The van der Waals surface area contributed by atoms with Gasteiger partial charge in [-0.3, -0.25) is 10.1 Å². The zero-order valence-corrected chi connectivity index (χ0v) is 16.2. The highest BCUT2D eigenvalue weighted by molar-refractivity contribution is 7.80. The van der Waals surface area contributed by atoms with Gasteiger partial charge in [-0.05, 0) is 66.8 Å². The number of nitrogens with one attached hydrogen (secondary N) is 2. The summed E-state index contributed by atoms with van der Waals surface area (Å²) in [5, 5.41) is 5.82. The van der Waals surface area contributed by atoms with E-state index in [4.69, 9.17) is 21.4 Å². The molecule has 4 aromatic rings. The maximum atomic E-state index is 12.3. The number of carbonyl (C=O) groups is 1. The summed E-state index contributed by atoms with van der Waals surface area (Å²) in [5.41, 5.74) is 3.17. The Morgan fingerprint density at radius 3 is 2.69 bits per heavy atom. The van der Waals surface area contributed by atoms with Crippen LogP contribution in [0, 0.1) is 0 Å². The minimum absolute atomic E-state index is 0.191. The Morgan fingerprint density at radius 1 is 1.10 bits per heavy atom. The lowest BCUT2D eigenvalue weighted by Crippen LogP contribution is -2.34. The molecule has 0 radical (unpaired) electrons. The van der Waals surface area contributed by atoms with E-state index in [2.05, 4.69) is 20.6 Å². The maximum absolute atomic E-state index is 12.3. The molecule has 0 aliphatic rings. The molecule has 0 aliphatic heterocycles. The van der Waals surface area contributed by atoms with Crippen LogP contribution in [0.4, 0.5) is 5.69 Å². The number of aromatic nitrogens is 2. The summed E-state index contributed by atoms with van der Waals surface area (Å²) in [7, 11) is 1.55. The third-order valence-electron chi connectivity index (χ3n) is 4.11. The second-order valence-electron chi connectivity index (χ2n) is 6.06. The predicted molar refractivity (Wildman–Crippen MR) is 114 cm³/mol. The highest BCUT2D eigenvalue weighted by atomic mass is 32.1. The molecule has 0 saturated carbocycles. The van der Waals surface area contributed by atoms with E-state index < -0.39 is 0 Å². The number of hydrogen-bond donors (Lipinski definition) is 2. The zero-order chi connectivity index (χ0) is 20.2. The molecule has 1 amide bonds. The lowest BCUT2D eigenvalue weighted by Gasteiger charge is -2.10. The number of benzene rings is 2. The fraction of sp³-hybridized carbons (Fsp3) is 0.0476. The molecule has 7 nitrogen and oxygen atoms in total. The van der Waals surface area contributed by atoms with Gasteiger partial charge >= 0.3 is 0 Å². The second-order valence-corrected chi connectivity index (χ2v) is 6.47. The first kappa shape index (κ1) is 18.6. The molecule has 4 rings (SSSR count). The van der Waals surface area contributed by atoms with Gasteiger partial charge in [0.05, 0.1) is 7.11 Å². The van der Waals surface area contributed by atoms with Gasteiger partial charge in [0, 0.05) is 23.0 Å². The van der Waals surface area contributed by atoms with E-state index in [1.807, 2.05) is 30.3 Å². The quantitative estimate of drug-likeness (QED) is 0.497. The SMILES string of the molecule is COc1cccc(C(=O)NC(=S)Nc2ccc(-c3nc4ncccc4o3)cc2)c1. The van der Waals surface area contributed by atoms with E-state index in [1.165, 1.54) is 0 Å². The van der Waals surface area contributed by atoms with Crippen LogP contribution in [0.25, 0.3) is 22.7 Å². The molecule has 2 heterocycles. The van der Waals surface area contributed by atoms with Crippen molar-refractivity contribution in [1.82, 2.24) is 15.3 Å². The molecule has 29 heavy (non-hydrogen) atoms. The highest BCUT2D eigenvalue weighted by Crippen LogP contribution is 2.24. The van der Waals surface area contributed by atoms with E-state index in [0.29, 0.717) is 28.4 Å². The normalized spacial score (nSPS) is 10.5. The third kappa shape index (κ3) is 4.22. The average Bonchev–Trinajstić information content (AvgIpc) is 3.18. The third-order valence-corrected chi connectivity index (χ3v) is 4.32. The zero-order valence-electron chi connectivity index (χ0n) is 15.4. The fourth-order valence-electron chi connectivity index (χ4n) is 2.69. The first-order valence-electron chi connectivity index (χ1n) is 8.71. The van der Waals surface area contributed by atoms with Crippen molar-refractivity contribution in [3.8, 4) is 17.2 Å². The van der Waals surface area contributed by atoms with E-state index in [9.17, 15) is 4.79 Å². The van der Waals surface area contributed by atoms with Gasteiger partial charge in [0.15, 0.2) is 16.3 Å². The number of methoxy groups -OCH3 is 1. The summed E-state index contributed by atoms with van der Waals surface area (Å²) < 4.78 is 10.8. The number of anilines is 1. The average molecular weight is 404 g/mol. The van der Waals surface area contributed by atoms with Crippen molar-refractivity contribution in [3.63, 3.8) is 0 Å². The first-order valence-corrected chi connectivity index (χ1v) is 9.11. The van der Waals surface area contributed by atoms with Crippen molar-refractivity contribution in [2.24, 2.45) is 0 Å². The Morgan fingerprint density at radius 2 is 1.93 bits per heavy atom. The number of rotatable bonds is 4. The number of amides is 1. The monoisotopic (exact) mass is 404 g/mol. The second kappa shape index (κ2) is 8.07. The molecule has 0 unspecified atom stereocenters. The molecule has 0 fully saturated rings. The van der Waals surface area contributed by atoms with Gasteiger partial charge in [-0.15, -0.1) is 0 Å². The minimum Gasteiger partial charge on any atom is -0.497 e. The van der Waals surface area contributed by atoms with Crippen molar-refractivity contribution in [2.45, 2.75) is 0 Å². The number of ether oxygens (including phenoxy) is 1. The van der Waals surface area contributed by atoms with Gasteiger partial charge in [0.1, 0.15) is 5.75 Å². The Bertz CT molecular complexity index is 1150. The Balaban J connectivity index is 1.41. The number of pyridine rings is 1. The smallest absolute Gasteiger partial charge is 0.257 e. The molecule has 0 bridgehead atoms. The molecule has 8 heteroatoms. The van der Waals surface area contributed by atoms with E-state index >= 15 is 0 Å². The van der Waals surface area contributed by atoms with E-state index in [1.54, 1.807) is 43.6 Å². The molecule has 0 aliphatic carbocycles. The van der Waals surface area contributed by atoms with Gasteiger partial charge in [0.2, 0.25) is 5.89 Å². The topological polar surface area (TPSA) is 89.3 Å². The summed E-state index contributed by atoms with van der Waals surface area (Å²) in [5.74, 6) is 0.762. The van der Waals surface area contributed by atoms with Crippen LogP contribution in [0.3, 0.4) is 0 Å². The number of carbonyl (C=O) groups excluding carboxylic acids is 1. The molecular weight excluding hydrogens is 388 g/mol. The van der Waals surface area contributed by atoms with Crippen LogP contribution in [0.5, 0.6) is 5.75 Å². The van der Waals surface area contributed by atoms with E-state index in [0.717, 1.165) is 11.3 Å². The number of thiocarbonyl (C=S) groups is 1. The molecule has 2 N–H and O–H groups in total. The summed E-state index contributed by atoms with van der Waals surface area (Å²) in [6, 6.07) is 17.8. The minimum atomic E-state index is -0.322. The standard InChI is InChI=1S/C21H16N4O3S/c1-27-16-5-2-4-14(12-16)19(26)25-21(29)23-15-9-7-13(8-10-15)20-24-18-17(28-20)6-3-11-22-18/h2-12H,1H3,(H2,23,25,26,29). The predicted octanol–water partition coefficient (Wildman–Crippen LogP) is 4.03. The molecule has 0 spiro atoms. The molecular formula is C21H16N4O3S. The van der Waals surface area contributed by atoms with Crippen LogP contribution in [0.2, 0.25) is 0 Å². The Labute approximate surface area is 171 Å². The Kier molecular flexibility index (Phi) is 5.17. The lowest BCUT2D eigenvalue weighted by molar-refractivity contribution is 0.0977. The van der Waals surface area contributed by atoms with Gasteiger partial charge in [-0.25, -0.2) is 4.98 Å². The summed E-state index contributed by atoms with van der Waals surface area (Å²) in [6.45, 7) is 0. The molecule has 0 saturated heterocycles. The van der Waals surface area contributed by atoms with Crippen molar-refractivity contribution in [3.05, 3.63) is 72.4 Å². The van der Waals surface area contributed by atoms with Crippen LogP contribution < -0.4 is 15.4 Å². The van der Waals surface area contributed by atoms with Crippen molar-refractivity contribution >= 4 is 40.2 Å². The van der Waals surface area contributed by atoms with Crippen molar-refractivity contribution in [1.29, 1.82) is 0 Å². The van der Waals surface area contributed by atoms with Crippen molar-refractivity contribution in [2.75, 3.05) is 12.4 Å². The number of oxazole rings is 1. The lowest BCUT2D eigenvalue weighted by atomic mass is 10.2. The van der Waals surface area contributed by atoms with Crippen LogP contribution in [0.1, 0.15) is 10.4 Å². The van der Waals surface area contributed by atoms with Crippen LogP contribution >= 0.6 is 12.2 Å². The van der Waals surface area contributed by atoms with Crippen molar-refractivity contribution < 1.29 is 13.9 Å². The van der Waals surface area contributed by atoms with Crippen LogP contribution in [-0.4, -0.2) is 28.1 Å². The Hall–Kier alpha value is -3.78. The van der Waals surface area contributed by atoms with Gasteiger partial charge in [-0.2, -0.15) is 4.98 Å². The van der Waals surface area contributed by atoms with Gasteiger partial charge in [-0.1, -0.05) is 6.07 Å². The molecule has 2 aromatic carbocycles. The first-order chi connectivity index (χ1) is 14.1. The molecule has 144 valence electrons. The summed E-state index contributed by atoms with van der Waals surface area (Å²) in [6.07, 6.45) is 1.67. The number of nitrogens with zero attached hydrogens (tertiary/aromatic N) is 2. The number of fused-ring (bicyclic) bond motifs is 1. The van der Waals surface area contributed by atoms with Crippen LogP contribution in [-0.2, 0) is 0 Å². The van der Waals surface area contributed by atoms with E-state index in [-0.39, 0.29) is 11.0 Å². The van der Waals surface area contributed by atoms with Crippen LogP contribution in [0.15, 0.2) is 71.3 Å².